The van der Waals surface area contributed by atoms with Crippen molar-refractivity contribution in [1.29, 1.82) is 0 Å². The van der Waals surface area contributed by atoms with Gasteiger partial charge in [0.2, 0.25) is 0 Å². The molecule has 1 saturated heterocycles. The van der Waals surface area contributed by atoms with E-state index in [1.54, 1.807) is 0 Å². The Kier molecular flexibility index (Phi) is 2.53. The molecule has 3 rings (SSSR count). The van der Waals surface area contributed by atoms with E-state index in [0.29, 0.717) is 0 Å². The predicted molar refractivity (Wildman–Crippen MR) is 64.7 cm³/mol. The lowest BCUT2D eigenvalue weighted by Crippen LogP contribution is -2.42. The quantitative estimate of drug-likeness (QED) is 0.814. The molecular weight excluding hydrogens is 220 g/mol. The van der Waals surface area contributed by atoms with Crippen LogP contribution >= 0.6 is 11.3 Å². The van der Waals surface area contributed by atoms with Crippen molar-refractivity contribution in [2.75, 3.05) is 6.61 Å². The Morgan fingerprint density at radius 2 is 2.25 bits per heavy atom. The minimum absolute atomic E-state index is 0.0973. The highest BCUT2D eigenvalue weighted by molar-refractivity contribution is 7.11. The fraction of sp³-hybridized carbons (Fsp3) is 0.750. The highest BCUT2D eigenvalue weighted by atomic mass is 32.1. The number of aryl methyl sites for hydroxylation is 2. The molecule has 0 radical (unpaired) electrons. The summed E-state index contributed by atoms with van der Waals surface area (Å²) < 4.78 is 5.60. The fourth-order valence-electron chi connectivity index (χ4n) is 2.59. The van der Waals surface area contributed by atoms with Crippen LogP contribution in [0.2, 0.25) is 0 Å². The summed E-state index contributed by atoms with van der Waals surface area (Å²) >= 11 is 1.82. The van der Waals surface area contributed by atoms with E-state index in [1.807, 2.05) is 11.3 Å². The molecule has 2 N–H and O–H groups in total. The number of rotatable bonds is 1. The van der Waals surface area contributed by atoms with Crippen molar-refractivity contribution in [1.82, 2.24) is 4.98 Å². The molecule has 88 valence electrons. The van der Waals surface area contributed by atoms with E-state index in [2.05, 4.69) is 6.92 Å². The third-order valence-corrected chi connectivity index (χ3v) is 5.20. The smallest absolute Gasteiger partial charge is 0.116 e. The molecule has 3 nitrogen and oxygen atoms in total. The maximum Gasteiger partial charge on any atom is 0.116 e. The molecule has 1 aromatic heterocycles. The maximum atomic E-state index is 6.46. The predicted octanol–water partition coefficient (Wildman–Crippen LogP) is 1.98. The van der Waals surface area contributed by atoms with E-state index in [9.17, 15) is 0 Å². The van der Waals surface area contributed by atoms with Crippen LogP contribution in [0.15, 0.2) is 0 Å². The van der Waals surface area contributed by atoms with E-state index < -0.39 is 0 Å². The Bertz CT molecular complexity index is 380. The molecular formula is C12H18N2OS. The van der Waals surface area contributed by atoms with E-state index >= 15 is 0 Å². The van der Waals surface area contributed by atoms with Crippen molar-refractivity contribution in [3.8, 4) is 0 Å². The summed E-state index contributed by atoms with van der Waals surface area (Å²) in [6.07, 6.45) is 5.91. The Morgan fingerprint density at radius 1 is 1.44 bits per heavy atom. The van der Waals surface area contributed by atoms with Gasteiger partial charge in [0.15, 0.2) is 0 Å². The zero-order valence-corrected chi connectivity index (χ0v) is 10.5. The molecule has 0 bridgehead atoms. The molecule has 2 unspecified atom stereocenters. The molecule has 0 saturated carbocycles. The summed E-state index contributed by atoms with van der Waals surface area (Å²) in [7, 11) is 0. The SMILES string of the molecule is CC1OCCC1(N)c1nc2c(s1)CCCC2. The van der Waals surface area contributed by atoms with E-state index in [0.717, 1.165) is 24.5 Å². The van der Waals surface area contributed by atoms with Gasteiger partial charge in [0.1, 0.15) is 5.01 Å². The number of nitrogens with zero attached hydrogens (tertiary/aromatic N) is 1. The summed E-state index contributed by atoms with van der Waals surface area (Å²) in [6.45, 7) is 2.83. The number of thiazole rings is 1. The number of fused-ring (bicyclic) bond motifs is 1. The summed E-state index contributed by atoms with van der Waals surface area (Å²) in [5.74, 6) is 0. The van der Waals surface area contributed by atoms with Gasteiger partial charge < -0.3 is 10.5 Å². The highest BCUT2D eigenvalue weighted by Crippen LogP contribution is 2.38. The molecule has 1 aliphatic carbocycles. The minimum atomic E-state index is -0.331. The van der Waals surface area contributed by atoms with Crippen molar-refractivity contribution in [2.45, 2.75) is 50.7 Å². The van der Waals surface area contributed by atoms with Crippen molar-refractivity contribution in [3.63, 3.8) is 0 Å². The van der Waals surface area contributed by atoms with Gasteiger partial charge in [-0.15, -0.1) is 11.3 Å². The molecule has 0 amide bonds. The average Bonchev–Trinajstić information content (AvgIpc) is 2.84. The van der Waals surface area contributed by atoms with Crippen LogP contribution in [0.25, 0.3) is 0 Å². The van der Waals surface area contributed by atoms with Gasteiger partial charge in [0.05, 0.1) is 17.3 Å². The molecule has 2 heterocycles. The van der Waals surface area contributed by atoms with Crippen LogP contribution in [0.5, 0.6) is 0 Å². The largest absolute Gasteiger partial charge is 0.376 e. The molecule has 2 aliphatic rings. The number of hydrogen-bond acceptors (Lipinski definition) is 4. The molecule has 4 heteroatoms. The normalized spacial score (nSPS) is 34.0. The van der Waals surface area contributed by atoms with Crippen LogP contribution in [0, 0.1) is 0 Å². The Balaban J connectivity index is 1.97. The maximum absolute atomic E-state index is 6.46. The van der Waals surface area contributed by atoms with Crippen molar-refractivity contribution >= 4 is 11.3 Å². The van der Waals surface area contributed by atoms with E-state index in [4.69, 9.17) is 15.5 Å². The third-order valence-electron chi connectivity index (χ3n) is 3.85. The monoisotopic (exact) mass is 238 g/mol. The number of ether oxygens (including phenoxy) is 1. The van der Waals surface area contributed by atoms with Gasteiger partial charge in [-0.25, -0.2) is 4.98 Å². The highest BCUT2D eigenvalue weighted by Gasteiger charge is 2.42. The molecule has 1 fully saturated rings. The van der Waals surface area contributed by atoms with Crippen molar-refractivity contribution in [2.24, 2.45) is 5.73 Å². The van der Waals surface area contributed by atoms with E-state index in [-0.39, 0.29) is 11.6 Å². The van der Waals surface area contributed by atoms with Crippen LogP contribution < -0.4 is 5.73 Å². The van der Waals surface area contributed by atoms with Crippen LogP contribution in [0.4, 0.5) is 0 Å². The standard InChI is InChI=1S/C12H18N2OS/c1-8-12(13,6-7-15-8)11-14-9-4-2-3-5-10(9)16-11/h8H,2-7,13H2,1H3. The topological polar surface area (TPSA) is 48.1 Å². The Labute approximate surface area is 100 Å². The van der Waals surface area contributed by atoms with Gasteiger partial charge in [-0.2, -0.15) is 0 Å². The first-order valence-corrected chi connectivity index (χ1v) is 6.91. The lowest BCUT2D eigenvalue weighted by molar-refractivity contribution is 0.0950. The van der Waals surface area contributed by atoms with Crippen LogP contribution in [0.1, 0.15) is 41.8 Å². The Hall–Kier alpha value is -0.450. The molecule has 0 spiro atoms. The summed E-state index contributed by atoms with van der Waals surface area (Å²) in [6, 6.07) is 0. The second-order valence-electron chi connectivity index (χ2n) is 4.90. The fourth-order valence-corrected chi connectivity index (χ4v) is 3.95. The van der Waals surface area contributed by atoms with Gasteiger partial charge >= 0.3 is 0 Å². The number of hydrogen-bond donors (Lipinski definition) is 1. The van der Waals surface area contributed by atoms with Gasteiger partial charge in [-0.1, -0.05) is 0 Å². The molecule has 16 heavy (non-hydrogen) atoms. The number of aromatic nitrogens is 1. The zero-order chi connectivity index (χ0) is 11.2. The second-order valence-corrected chi connectivity index (χ2v) is 5.98. The molecule has 1 aromatic rings. The van der Waals surface area contributed by atoms with Crippen LogP contribution in [0.3, 0.4) is 0 Å². The Morgan fingerprint density at radius 3 is 2.94 bits per heavy atom. The first-order valence-electron chi connectivity index (χ1n) is 6.10. The first kappa shape index (κ1) is 10.7. The van der Waals surface area contributed by atoms with Gasteiger partial charge in [0, 0.05) is 11.5 Å². The first-order chi connectivity index (χ1) is 7.70. The van der Waals surface area contributed by atoms with E-state index in [1.165, 1.54) is 29.8 Å². The average molecular weight is 238 g/mol. The summed E-state index contributed by atoms with van der Waals surface area (Å²) in [5.41, 5.74) is 7.43. The van der Waals surface area contributed by atoms with Crippen molar-refractivity contribution < 1.29 is 4.74 Å². The lowest BCUT2D eigenvalue weighted by atomic mass is 9.94. The van der Waals surface area contributed by atoms with Crippen LogP contribution in [-0.4, -0.2) is 17.7 Å². The lowest BCUT2D eigenvalue weighted by Gasteiger charge is -2.24. The van der Waals surface area contributed by atoms with Crippen LogP contribution in [-0.2, 0) is 23.1 Å². The molecule has 2 atom stereocenters. The zero-order valence-electron chi connectivity index (χ0n) is 9.66. The molecule has 0 aromatic carbocycles. The minimum Gasteiger partial charge on any atom is -0.376 e. The van der Waals surface area contributed by atoms with Gasteiger partial charge in [0.25, 0.3) is 0 Å². The molecule has 1 aliphatic heterocycles. The second kappa shape index (κ2) is 3.79. The van der Waals surface area contributed by atoms with Gasteiger partial charge in [-0.3, -0.25) is 0 Å². The summed E-state index contributed by atoms with van der Waals surface area (Å²) in [5, 5.41) is 1.10. The number of nitrogens with two attached hydrogens (primary N) is 1. The van der Waals surface area contributed by atoms with Gasteiger partial charge in [-0.05, 0) is 39.0 Å². The van der Waals surface area contributed by atoms with Crippen molar-refractivity contribution in [3.05, 3.63) is 15.6 Å². The summed E-state index contributed by atoms with van der Waals surface area (Å²) in [4.78, 5) is 6.23. The third kappa shape index (κ3) is 1.51.